The van der Waals surface area contributed by atoms with Crippen molar-refractivity contribution in [1.82, 2.24) is 10.3 Å². The molecule has 0 fully saturated rings. The number of nitrogens with zero attached hydrogens (tertiary/aromatic N) is 1. The van der Waals surface area contributed by atoms with Gasteiger partial charge in [-0.15, -0.1) is 0 Å². The van der Waals surface area contributed by atoms with Crippen LogP contribution in [0.25, 0.3) is 0 Å². The van der Waals surface area contributed by atoms with Crippen molar-refractivity contribution >= 4 is 11.6 Å². The van der Waals surface area contributed by atoms with Crippen molar-refractivity contribution in [2.45, 2.75) is 25.3 Å². The van der Waals surface area contributed by atoms with Crippen molar-refractivity contribution in [3.8, 4) is 0 Å². The lowest BCUT2D eigenvalue weighted by molar-refractivity contribution is -0.118. The van der Waals surface area contributed by atoms with Crippen molar-refractivity contribution < 1.29 is 4.79 Å². The summed E-state index contributed by atoms with van der Waals surface area (Å²) in [5, 5.41) is 6.37. The Morgan fingerprint density at radius 1 is 1.19 bits per heavy atom. The summed E-state index contributed by atoms with van der Waals surface area (Å²) in [6, 6.07) is 11.9. The average Bonchev–Trinajstić information content (AvgIpc) is 2.68. The summed E-state index contributed by atoms with van der Waals surface area (Å²) >= 11 is 0. The molecular formula is C17H19N3O. The van der Waals surface area contributed by atoms with E-state index in [0.29, 0.717) is 0 Å². The molecule has 0 saturated carbocycles. The Hall–Kier alpha value is -2.20. The van der Waals surface area contributed by atoms with Crippen LogP contribution >= 0.6 is 0 Å². The average molecular weight is 281 g/mol. The second-order valence-corrected chi connectivity index (χ2v) is 5.30. The van der Waals surface area contributed by atoms with Gasteiger partial charge in [-0.3, -0.25) is 9.78 Å². The minimum Gasteiger partial charge on any atom is -0.324 e. The van der Waals surface area contributed by atoms with Crippen LogP contribution in [-0.4, -0.2) is 23.5 Å². The smallest absolute Gasteiger partial charge is 0.241 e. The first-order valence-corrected chi connectivity index (χ1v) is 7.34. The number of carbonyl (C=O) groups is 1. The van der Waals surface area contributed by atoms with Crippen molar-refractivity contribution in [2.75, 3.05) is 11.9 Å². The zero-order valence-corrected chi connectivity index (χ0v) is 11.9. The predicted octanol–water partition coefficient (Wildman–Crippen LogP) is 2.17. The van der Waals surface area contributed by atoms with Crippen LogP contribution in [0.4, 0.5) is 5.69 Å². The maximum Gasteiger partial charge on any atom is 0.241 e. The Morgan fingerprint density at radius 2 is 2.00 bits per heavy atom. The Labute approximate surface area is 124 Å². The van der Waals surface area contributed by atoms with Gasteiger partial charge in [0.25, 0.3) is 0 Å². The summed E-state index contributed by atoms with van der Waals surface area (Å²) in [7, 11) is 0. The summed E-state index contributed by atoms with van der Waals surface area (Å²) in [4.78, 5) is 16.2. The minimum absolute atomic E-state index is 0.0645. The molecule has 108 valence electrons. The van der Waals surface area contributed by atoms with E-state index in [9.17, 15) is 4.79 Å². The highest BCUT2D eigenvalue weighted by Gasteiger charge is 2.22. The van der Waals surface area contributed by atoms with Gasteiger partial charge in [0.1, 0.15) is 0 Å². The molecule has 1 atom stereocenters. The number of aryl methyl sites for hydroxylation is 1. The van der Waals surface area contributed by atoms with Crippen LogP contribution in [0.3, 0.4) is 0 Å². The third kappa shape index (κ3) is 3.47. The number of carbonyl (C=O) groups excluding carboxylic acids is 1. The molecule has 0 aliphatic carbocycles. The Bertz CT molecular complexity index is 612. The lowest BCUT2D eigenvalue weighted by atomic mass is 10.1. The number of rotatable bonds is 4. The lowest BCUT2D eigenvalue weighted by Gasteiger charge is -2.15. The fourth-order valence-corrected chi connectivity index (χ4v) is 2.65. The molecule has 0 bridgehead atoms. The molecule has 0 radical (unpaired) electrons. The number of hydrogen-bond donors (Lipinski definition) is 2. The van der Waals surface area contributed by atoms with E-state index in [1.807, 2.05) is 30.3 Å². The van der Waals surface area contributed by atoms with Gasteiger partial charge in [-0.25, -0.2) is 0 Å². The summed E-state index contributed by atoms with van der Waals surface area (Å²) in [6.07, 6.45) is 6.24. The zero-order chi connectivity index (χ0) is 14.5. The van der Waals surface area contributed by atoms with Crippen LogP contribution in [-0.2, 0) is 17.6 Å². The molecule has 0 spiro atoms. The number of anilines is 1. The number of nitrogens with one attached hydrogen (secondary N) is 2. The second-order valence-electron chi connectivity index (χ2n) is 5.30. The van der Waals surface area contributed by atoms with Gasteiger partial charge in [0.15, 0.2) is 0 Å². The van der Waals surface area contributed by atoms with Crippen LogP contribution in [0.5, 0.6) is 0 Å². The number of benzene rings is 1. The first-order valence-electron chi connectivity index (χ1n) is 7.34. The molecule has 4 heteroatoms. The van der Waals surface area contributed by atoms with E-state index < -0.39 is 0 Å². The van der Waals surface area contributed by atoms with Crippen molar-refractivity contribution in [1.29, 1.82) is 0 Å². The second kappa shape index (κ2) is 6.50. The van der Waals surface area contributed by atoms with E-state index in [2.05, 4.69) is 21.7 Å². The highest BCUT2D eigenvalue weighted by atomic mass is 16.2. The van der Waals surface area contributed by atoms with Gasteiger partial charge in [-0.05, 0) is 55.1 Å². The van der Waals surface area contributed by atoms with E-state index in [0.717, 1.165) is 31.5 Å². The molecule has 21 heavy (non-hydrogen) atoms. The Kier molecular flexibility index (Phi) is 4.26. The van der Waals surface area contributed by atoms with Crippen LogP contribution in [0.2, 0.25) is 0 Å². The first-order chi connectivity index (χ1) is 10.3. The van der Waals surface area contributed by atoms with Gasteiger partial charge in [-0.2, -0.15) is 0 Å². The monoisotopic (exact) mass is 281 g/mol. The van der Waals surface area contributed by atoms with Crippen LogP contribution in [0.15, 0.2) is 48.8 Å². The van der Waals surface area contributed by atoms with Gasteiger partial charge in [0, 0.05) is 18.1 Å². The van der Waals surface area contributed by atoms with Gasteiger partial charge < -0.3 is 10.6 Å². The summed E-state index contributed by atoms with van der Waals surface area (Å²) in [6.45, 7) is 0.790. The minimum atomic E-state index is -0.126. The fourth-order valence-electron chi connectivity index (χ4n) is 2.65. The quantitative estimate of drug-likeness (QED) is 0.903. The SMILES string of the molecule is O=C1Nc2ccccc2CCC1NCCc1ccncc1. The van der Waals surface area contributed by atoms with Crippen molar-refractivity contribution in [3.63, 3.8) is 0 Å². The van der Waals surface area contributed by atoms with Gasteiger partial charge in [0.2, 0.25) is 5.91 Å². The maximum atomic E-state index is 12.2. The number of aromatic nitrogens is 1. The highest BCUT2D eigenvalue weighted by molar-refractivity contribution is 5.96. The Balaban J connectivity index is 1.56. The van der Waals surface area contributed by atoms with E-state index in [4.69, 9.17) is 0 Å². The third-order valence-electron chi connectivity index (χ3n) is 3.85. The molecular weight excluding hydrogens is 262 g/mol. The molecule has 1 unspecified atom stereocenters. The Morgan fingerprint density at radius 3 is 2.86 bits per heavy atom. The standard InChI is InChI=1S/C17H19N3O/c21-17-16(19-12-9-13-7-10-18-11-8-13)6-5-14-3-1-2-4-15(14)20-17/h1-4,7-8,10-11,16,19H,5-6,9,12H2,(H,20,21). The summed E-state index contributed by atoms with van der Waals surface area (Å²) in [5.74, 6) is 0.0645. The molecule has 0 saturated heterocycles. The summed E-state index contributed by atoms with van der Waals surface area (Å²) in [5.41, 5.74) is 3.39. The normalized spacial score (nSPS) is 17.7. The first kappa shape index (κ1) is 13.8. The molecule has 2 heterocycles. The van der Waals surface area contributed by atoms with Gasteiger partial charge in [-0.1, -0.05) is 18.2 Å². The largest absolute Gasteiger partial charge is 0.324 e. The lowest BCUT2D eigenvalue weighted by Crippen LogP contribution is -2.40. The predicted molar refractivity (Wildman–Crippen MR) is 83.1 cm³/mol. The van der Waals surface area contributed by atoms with Gasteiger partial charge >= 0.3 is 0 Å². The number of hydrogen-bond acceptors (Lipinski definition) is 3. The van der Waals surface area contributed by atoms with Crippen LogP contribution in [0, 0.1) is 0 Å². The van der Waals surface area contributed by atoms with Crippen LogP contribution < -0.4 is 10.6 Å². The van der Waals surface area contributed by atoms with Crippen LogP contribution in [0.1, 0.15) is 17.5 Å². The molecule has 3 rings (SSSR count). The topological polar surface area (TPSA) is 54.0 Å². The fraction of sp³-hybridized carbons (Fsp3) is 0.294. The number of para-hydroxylation sites is 1. The molecule has 1 aliphatic rings. The number of amides is 1. The number of pyridine rings is 1. The molecule has 4 nitrogen and oxygen atoms in total. The van der Waals surface area contributed by atoms with E-state index >= 15 is 0 Å². The van der Waals surface area contributed by atoms with Crippen molar-refractivity contribution in [3.05, 3.63) is 59.9 Å². The third-order valence-corrected chi connectivity index (χ3v) is 3.85. The van der Waals surface area contributed by atoms with Gasteiger partial charge in [0.05, 0.1) is 6.04 Å². The van der Waals surface area contributed by atoms with E-state index in [1.54, 1.807) is 12.4 Å². The molecule has 1 aliphatic heterocycles. The molecule has 2 N–H and O–H groups in total. The molecule has 1 aromatic heterocycles. The van der Waals surface area contributed by atoms with Crippen molar-refractivity contribution in [2.24, 2.45) is 0 Å². The summed E-state index contributed by atoms with van der Waals surface area (Å²) < 4.78 is 0. The maximum absolute atomic E-state index is 12.2. The highest BCUT2D eigenvalue weighted by Crippen LogP contribution is 2.21. The number of fused-ring (bicyclic) bond motifs is 1. The molecule has 1 amide bonds. The van der Waals surface area contributed by atoms with E-state index in [1.165, 1.54) is 11.1 Å². The molecule has 1 aromatic carbocycles. The zero-order valence-electron chi connectivity index (χ0n) is 11.9. The van der Waals surface area contributed by atoms with E-state index in [-0.39, 0.29) is 11.9 Å². The molecule has 2 aromatic rings.